The first-order valence-corrected chi connectivity index (χ1v) is 6.80. The van der Waals surface area contributed by atoms with E-state index in [4.69, 9.17) is 0 Å². The van der Waals surface area contributed by atoms with Crippen molar-refractivity contribution in [1.29, 1.82) is 0 Å². The van der Waals surface area contributed by atoms with Crippen LogP contribution < -0.4 is 0 Å². The fraction of sp³-hybridized carbons (Fsp3) is 0.600. The topological polar surface area (TPSA) is 0 Å². The van der Waals surface area contributed by atoms with E-state index in [2.05, 4.69) is 13.2 Å². The number of halogens is 1. The normalized spacial score (nSPS) is 20.4. The highest BCUT2D eigenvalue weighted by atomic mass is 28.4. The van der Waals surface area contributed by atoms with Gasteiger partial charge >= 0.3 is 0 Å². The Labute approximate surface area is 75.4 Å². The van der Waals surface area contributed by atoms with E-state index in [1.54, 1.807) is 0 Å². The summed E-state index contributed by atoms with van der Waals surface area (Å²) in [4.78, 5) is 0. The lowest BCUT2D eigenvalue weighted by atomic mass is 10.0. The van der Waals surface area contributed by atoms with Crippen LogP contribution in [0.4, 0.5) is 4.11 Å². The Morgan fingerprint density at radius 1 is 1.08 bits per heavy atom. The molecule has 0 spiro atoms. The molecule has 12 heavy (non-hydrogen) atoms. The summed E-state index contributed by atoms with van der Waals surface area (Å²) in [7, 11) is -2.77. The molecule has 1 aliphatic carbocycles. The van der Waals surface area contributed by atoms with E-state index in [0.717, 1.165) is 12.8 Å². The van der Waals surface area contributed by atoms with Gasteiger partial charge in [-0.3, -0.25) is 0 Å². The zero-order valence-corrected chi connectivity index (χ0v) is 8.56. The molecular weight excluding hydrogens is 167 g/mol. The molecule has 1 aliphatic rings. The van der Waals surface area contributed by atoms with E-state index in [1.807, 2.05) is 0 Å². The van der Waals surface area contributed by atoms with Gasteiger partial charge < -0.3 is 4.11 Å². The highest BCUT2D eigenvalue weighted by Gasteiger charge is 2.37. The van der Waals surface area contributed by atoms with Crippen molar-refractivity contribution >= 4 is 8.41 Å². The van der Waals surface area contributed by atoms with Crippen LogP contribution in [0.15, 0.2) is 24.6 Å². The number of hydrogen-bond donors (Lipinski definition) is 0. The molecular formula is C10H17FSi. The van der Waals surface area contributed by atoms with Crippen molar-refractivity contribution in [2.45, 2.75) is 37.6 Å². The molecule has 0 saturated heterocycles. The molecule has 0 N–H and O–H groups in total. The van der Waals surface area contributed by atoms with Crippen molar-refractivity contribution in [2.75, 3.05) is 0 Å². The monoisotopic (exact) mass is 184 g/mol. The van der Waals surface area contributed by atoms with Gasteiger partial charge in [0.05, 0.1) is 0 Å². The Morgan fingerprint density at radius 3 is 2.00 bits per heavy atom. The molecule has 0 aromatic carbocycles. The van der Waals surface area contributed by atoms with Gasteiger partial charge in [0.1, 0.15) is 0 Å². The maximum Gasteiger partial charge on any atom is 0.296 e. The van der Waals surface area contributed by atoms with E-state index in [0.29, 0.717) is 0 Å². The van der Waals surface area contributed by atoms with Crippen molar-refractivity contribution < 1.29 is 4.11 Å². The molecule has 0 unspecified atom stereocenters. The molecule has 1 rings (SSSR count). The molecule has 0 bridgehead atoms. The molecule has 0 atom stereocenters. The average molecular weight is 184 g/mol. The summed E-state index contributed by atoms with van der Waals surface area (Å²) in [6.45, 7) is 7.19. The van der Waals surface area contributed by atoms with Crippen molar-refractivity contribution in [1.82, 2.24) is 0 Å². The minimum atomic E-state index is -2.77. The third-order valence-electron chi connectivity index (χ3n) is 2.86. The van der Waals surface area contributed by atoms with Crippen LogP contribution in [-0.2, 0) is 0 Å². The fourth-order valence-electron chi connectivity index (χ4n) is 1.96. The predicted octanol–water partition coefficient (Wildman–Crippen LogP) is 3.69. The minimum Gasteiger partial charge on any atom is -0.303 e. The van der Waals surface area contributed by atoms with E-state index < -0.39 is 8.41 Å². The molecule has 1 saturated carbocycles. The maximum absolute atomic E-state index is 14.0. The lowest BCUT2D eigenvalue weighted by Gasteiger charge is -2.28. The Morgan fingerprint density at radius 2 is 1.58 bits per heavy atom. The van der Waals surface area contributed by atoms with Gasteiger partial charge in [-0.05, 0) is 18.4 Å². The van der Waals surface area contributed by atoms with Gasteiger partial charge in [-0.2, -0.15) is 0 Å². The molecule has 2 heteroatoms. The third kappa shape index (κ3) is 1.86. The van der Waals surface area contributed by atoms with Gasteiger partial charge in [-0.1, -0.05) is 30.7 Å². The molecule has 0 aromatic rings. The lowest BCUT2D eigenvalue weighted by Crippen LogP contribution is -2.31. The molecule has 0 aliphatic heterocycles. The SMILES string of the molecule is C=C[Si](F)(C=C)C1CCCCC1. The predicted molar refractivity (Wildman–Crippen MR) is 54.1 cm³/mol. The fourth-order valence-corrected chi connectivity index (χ4v) is 4.09. The summed E-state index contributed by atoms with van der Waals surface area (Å²) in [5.41, 5.74) is 3.34. The smallest absolute Gasteiger partial charge is 0.296 e. The highest BCUT2D eigenvalue weighted by Crippen LogP contribution is 2.38. The highest BCUT2D eigenvalue weighted by molar-refractivity contribution is 6.84. The summed E-state index contributed by atoms with van der Waals surface area (Å²) in [6.07, 6.45) is 5.73. The molecule has 0 radical (unpaired) electrons. The van der Waals surface area contributed by atoms with Gasteiger partial charge in [0.25, 0.3) is 8.41 Å². The van der Waals surface area contributed by atoms with E-state index in [-0.39, 0.29) is 5.54 Å². The number of rotatable bonds is 3. The largest absolute Gasteiger partial charge is 0.303 e. The summed E-state index contributed by atoms with van der Waals surface area (Å²) in [5.74, 6) is 0. The van der Waals surface area contributed by atoms with Crippen molar-refractivity contribution in [3.05, 3.63) is 24.6 Å². The second-order valence-electron chi connectivity index (χ2n) is 3.57. The minimum absolute atomic E-state index is 0.265. The van der Waals surface area contributed by atoms with E-state index in [1.165, 1.54) is 30.7 Å². The molecule has 0 aromatic heterocycles. The zero-order valence-electron chi connectivity index (χ0n) is 7.56. The van der Waals surface area contributed by atoms with Crippen LogP contribution in [0.25, 0.3) is 0 Å². The van der Waals surface area contributed by atoms with Gasteiger partial charge in [-0.15, -0.1) is 13.2 Å². The Hall–Kier alpha value is -0.373. The molecule has 0 amide bonds. The van der Waals surface area contributed by atoms with Crippen molar-refractivity contribution in [3.63, 3.8) is 0 Å². The van der Waals surface area contributed by atoms with Crippen LogP contribution in [-0.4, -0.2) is 8.41 Å². The average Bonchev–Trinajstić information content (AvgIpc) is 2.18. The van der Waals surface area contributed by atoms with Crippen LogP contribution in [0.5, 0.6) is 0 Å². The second kappa shape index (κ2) is 4.03. The zero-order chi connectivity index (χ0) is 9.03. The van der Waals surface area contributed by atoms with Crippen LogP contribution in [0.2, 0.25) is 5.54 Å². The first-order chi connectivity index (χ1) is 5.73. The van der Waals surface area contributed by atoms with Gasteiger partial charge in [-0.25, -0.2) is 0 Å². The molecule has 0 nitrogen and oxygen atoms in total. The number of hydrogen-bond acceptors (Lipinski definition) is 0. The Balaban J connectivity index is 2.63. The molecule has 0 heterocycles. The van der Waals surface area contributed by atoms with Gasteiger partial charge in [0.15, 0.2) is 0 Å². The maximum atomic E-state index is 14.0. The van der Waals surface area contributed by atoms with E-state index in [9.17, 15) is 4.11 Å². The third-order valence-corrected chi connectivity index (χ3v) is 5.94. The van der Waals surface area contributed by atoms with Gasteiger partial charge in [0.2, 0.25) is 0 Å². The summed E-state index contributed by atoms with van der Waals surface area (Å²) >= 11 is 0. The second-order valence-corrected chi connectivity index (χ2v) is 6.86. The van der Waals surface area contributed by atoms with Crippen LogP contribution in [0.1, 0.15) is 32.1 Å². The van der Waals surface area contributed by atoms with Crippen molar-refractivity contribution in [3.8, 4) is 0 Å². The van der Waals surface area contributed by atoms with E-state index >= 15 is 0 Å². The summed E-state index contributed by atoms with van der Waals surface area (Å²) < 4.78 is 14.0. The molecule has 1 fully saturated rings. The summed E-state index contributed by atoms with van der Waals surface area (Å²) in [6, 6.07) is 0. The van der Waals surface area contributed by atoms with Crippen molar-refractivity contribution in [2.24, 2.45) is 0 Å². The first-order valence-electron chi connectivity index (χ1n) is 4.69. The molecule has 68 valence electrons. The van der Waals surface area contributed by atoms with Crippen LogP contribution in [0.3, 0.4) is 0 Å². The quantitative estimate of drug-likeness (QED) is 0.463. The first kappa shape index (κ1) is 9.71. The summed E-state index contributed by atoms with van der Waals surface area (Å²) in [5, 5.41) is 0. The standard InChI is InChI=1S/C10H17FSi/c1-3-12(11,4-2)10-8-6-5-7-9-10/h3-4,10H,1-2,5-9H2. The Kier molecular flexibility index (Phi) is 3.26. The van der Waals surface area contributed by atoms with Gasteiger partial charge in [0, 0.05) is 0 Å². The Bertz CT molecular complexity index is 163. The van der Waals surface area contributed by atoms with Crippen LogP contribution in [0, 0.1) is 0 Å². The lowest BCUT2D eigenvalue weighted by molar-refractivity contribution is 0.478. The van der Waals surface area contributed by atoms with Crippen LogP contribution >= 0.6 is 0 Å².